The zero-order chi connectivity index (χ0) is 22.8. The molecule has 8 heteroatoms. The molecule has 0 aliphatic heterocycles. The van der Waals surface area contributed by atoms with E-state index >= 15 is 0 Å². The Kier molecular flexibility index (Phi) is 5.58. The number of aromatic nitrogens is 5. The van der Waals surface area contributed by atoms with Gasteiger partial charge >= 0.3 is 0 Å². The molecule has 3 aromatic carbocycles. The first-order chi connectivity index (χ1) is 16.1. The normalized spacial score (nSPS) is 11.1. The summed E-state index contributed by atoms with van der Waals surface area (Å²) >= 11 is 5.37. The van der Waals surface area contributed by atoms with Gasteiger partial charge in [0, 0.05) is 29.9 Å². The molecule has 0 bridgehead atoms. The molecule has 2 heterocycles. The topological polar surface area (TPSA) is 80.5 Å². The summed E-state index contributed by atoms with van der Waals surface area (Å²) in [6, 6.07) is 23.7. The van der Waals surface area contributed by atoms with E-state index in [1.807, 2.05) is 88.9 Å². The highest BCUT2D eigenvalue weighted by Crippen LogP contribution is 2.21. The fourth-order valence-electron chi connectivity index (χ4n) is 3.76. The molecule has 7 nitrogen and oxygen atoms in total. The Balaban J connectivity index is 1.25. The molecule has 0 atom stereocenters. The van der Waals surface area contributed by atoms with Crippen molar-refractivity contribution in [1.29, 1.82) is 0 Å². The molecule has 5 aromatic rings. The number of rotatable bonds is 6. The molecule has 5 rings (SSSR count). The lowest BCUT2D eigenvalue weighted by molar-refractivity contribution is -0.116. The largest absolute Gasteiger partial charge is 0.326 e. The second kappa shape index (κ2) is 8.84. The summed E-state index contributed by atoms with van der Waals surface area (Å²) in [6.07, 6.45) is 2.08. The van der Waals surface area contributed by atoms with Crippen LogP contribution in [0, 0.1) is 11.7 Å². The van der Waals surface area contributed by atoms with Gasteiger partial charge in [0.2, 0.25) is 5.91 Å². The van der Waals surface area contributed by atoms with Crippen molar-refractivity contribution >= 4 is 34.8 Å². The van der Waals surface area contributed by atoms with Gasteiger partial charge in [0.25, 0.3) is 0 Å². The second-order valence-electron chi connectivity index (χ2n) is 7.82. The SMILES string of the molecule is Cc1ccc(-c2n[nH]c(=S)n2CCC(=O)Nc2ccc(-n3cnc4ccccc43)cc2)cc1. The summed E-state index contributed by atoms with van der Waals surface area (Å²) in [5.41, 5.74) is 5.83. The van der Waals surface area contributed by atoms with Crippen molar-refractivity contribution in [1.82, 2.24) is 24.3 Å². The molecule has 0 saturated carbocycles. The lowest BCUT2D eigenvalue weighted by atomic mass is 10.1. The van der Waals surface area contributed by atoms with Crippen molar-refractivity contribution in [3.05, 3.63) is 89.5 Å². The van der Waals surface area contributed by atoms with E-state index in [0.29, 0.717) is 11.3 Å². The molecule has 0 saturated heterocycles. The second-order valence-corrected chi connectivity index (χ2v) is 8.21. The van der Waals surface area contributed by atoms with Gasteiger partial charge in [-0.2, -0.15) is 5.10 Å². The number of fused-ring (bicyclic) bond motifs is 1. The molecule has 0 fully saturated rings. The van der Waals surface area contributed by atoms with Crippen molar-refractivity contribution in [2.24, 2.45) is 0 Å². The summed E-state index contributed by atoms with van der Waals surface area (Å²) in [7, 11) is 0. The van der Waals surface area contributed by atoms with Crippen LogP contribution in [0.2, 0.25) is 0 Å². The average molecular weight is 455 g/mol. The van der Waals surface area contributed by atoms with Gasteiger partial charge in [0.1, 0.15) is 6.33 Å². The number of aromatic amines is 1. The quantitative estimate of drug-likeness (QED) is 0.342. The van der Waals surface area contributed by atoms with Crippen molar-refractivity contribution in [2.75, 3.05) is 5.32 Å². The number of carbonyl (C=O) groups excluding carboxylic acids is 1. The first kappa shape index (κ1) is 20.8. The zero-order valence-corrected chi connectivity index (χ0v) is 18.8. The predicted molar refractivity (Wildman–Crippen MR) is 132 cm³/mol. The molecule has 33 heavy (non-hydrogen) atoms. The highest BCUT2D eigenvalue weighted by Gasteiger charge is 2.11. The number of para-hydroxylation sites is 2. The fraction of sp³-hybridized carbons (Fsp3) is 0.120. The third kappa shape index (κ3) is 4.33. The molecular formula is C25H22N6OS. The number of nitrogens with zero attached hydrogens (tertiary/aromatic N) is 4. The van der Waals surface area contributed by atoms with Crippen LogP contribution in [0.4, 0.5) is 5.69 Å². The van der Waals surface area contributed by atoms with E-state index in [0.717, 1.165) is 33.8 Å². The number of benzene rings is 3. The molecule has 2 aromatic heterocycles. The van der Waals surface area contributed by atoms with E-state index in [2.05, 4.69) is 20.5 Å². The maximum absolute atomic E-state index is 12.6. The molecular weight excluding hydrogens is 432 g/mol. The Morgan fingerprint density at radius 1 is 1.03 bits per heavy atom. The van der Waals surface area contributed by atoms with E-state index in [4.69, 9.17) is 12.2 Å². The van der Waals surface area contributed by atoms with Crippen LogP contribution in [0.1, 0.15) is 12.0 Å². The highest BCUT2D eigenvalue weighted by molar-refractivity contribution is 7.71. The predicted octanol–water partition coefficient (Wildman–Crippen LogP) is 5.28. The van der Waals surface area contributed by atoms with Gasteiger partial charge in [0.15, 0.2) is 10.6 Å². The first-order valence-corrected chi connectivity index (χ1v) is 11.0. The van der Waals surface area contributed by atoms with Crippen molar-refractivity contribution < 1.29 is 4.79 Å². The fourth-order valence-corrected chi connectivity index (χ4v) is 3.98. The Morgan fingerprint density at radius 3 is 2.58 bits per heavy atom. The minimum absolute atomic E-state index is 0.0891. The molecule has 164 valence electrons. The molecule has 0 radical (unpaired) electrons. The molecule has 0 aliphatic rings. The minimum Gasteiger partial charge on any atom is -0.326 e. The number of aryl methyl sites for hydroxylation is 1. The van der Waals surface area contributed by atoms with E-state index in [9.17, 15) is 4.79 Å². The van der Waals surface area contributed by atoms with Crippen LogP contribution in [-0.4, -0.2) is 30.2 Å². The first-order valence-electron chi connectivity index (χ1n) is 10.6. The van der Waals surface area contributed by atoms with Gasteiger partial charge in [-0.05, 0) is 55.5 Å². The highest BCUT2D eigenvalue weighted by atomic mass is 32.1. The number of hydrogen-bond acceptors (Lipinski definition) is 4. The number of nitrogens with one attached hydrogen (secondary N) is 2. The third-order valence-corrected chi connectivity index (χ3v) is 5.82. The molecule has 1 amide bonds. The van der Waals surface area contributed by atoms with Crippen molar-refractivity contribution in [2.45, 2.75) is 19.9 Å². The lowest BCUT2D eigenvalue weighted by Crippen LogP contribution is -2.15. The molecule has 2 N–H and O–H groups in total. The number of imidazole rings is 1. The van der Waals surface area contributed by atoms with E-state index < -0.39 is 0 Å². The van der Waals surface area contributed by atoms with Crippen LogP contribution in [0.25, 0.3) is 28.1 Å². The summed E-state index contributed by atoms with van der Waals surface area (Å²) in [5.74, 6) is 0.637. The number of carbonyl (C=O) groups is 1. The van der Waals surface area contributed by atoms with Crippen LogP contribution in [-0.2, 0) is 11.3 Å². The van der Waals surface area contributed by atoms with Gasteiger partial charge in [0.05, 0.1) is 11.0 Å². The van der Waals surface area contributed by atoms with E-state index in [-0.39, 0.29) is 12.3 Å². The lowest BCUT2D eigenvalue weighted by Gasteiger charge is -2.09. The molecule has 0 aliphatic carbocycles. The maximum Gasteiger partial charge on any atom is 0.226 e. The van der Waals surface area contributed by atoms with E-state index in [1.54, 1.807) is 6.33 Å². The number of amides is 1. The van der Waals surface area contributed by atoms with Crippen LogP contribution in [0.15, 0.2) is 79.1 Å². The number of H-pyrrole nitrogens is 1. The standard InChI is InChI=1S/C25H22N6OS/c1-17-6-8-18(9-7-17)24-28-29-25(33)30(24)15-14-23(32)27-19-10-12-20(13-11-19)31-16-26-21-4-2-3-5-22(21)31/h2-13,16H,14-15H2,1H3,(H,27,32)(H,29,33). The van der Waals surface area contributed by atoms with Crippen molar-refractivity contribution in [3.8, 4) is 17.1 Å². The Morgan fingerprint density at radius 2 is 1.79 bits per heavy atom. The van der Waals surface area contributed by atoms with Gasteiger partial charge < -0.3 is 5.32 Å². The number of hydrogen-bond donors (Lipinski definition) is 2. The van der Waals surface area contributed by atoms with Gasteiger partial charge in [-0.1, -0.05) is 42.0 Å². The molecule has 0 unspecified atom stereocenters. The van der Waals surface area contributed by atoms with Gasteiger partial charge in [-0.15, -0.1) is 0 Å². The van der Waals surface area contributed by atoms with Crippen LogP contribution in [0.5, 0.6) is 0 Å². The zero-order valence-electron chi connectivity index (χ0n) is 18.0. The smallest absolute Gasteiger partial charge is 0.226 e. The van der Waals surface area contributed by atoms with Gasteiger partial charge in [-0.3, -0.25) is 19.0 Å². The Hall–Kier alpha value is -4.04. The van der Waals surface area contributed by atoms with Crippen LogP contribution in [0.3, 0.4) is 0 Å². The van der Waals surface area contributed by atoms with Crippen molar-refractivity contribution in [3.63, 3.8) is 0 Å². The third-order valence-electron chi connectivity index (χ3n) is 5.51. The average Bonchev–Trinajstić information content (AvgIpc) is 3.42. The minimum atomic E-state index is -0.0891. The van der Waals surface area contributed by atoms with Crippen LogP contribution < -0.4 is 5.32 Å². The van der Waals surface area contributed by atoms with E-state index in [1.165, 1.54) is 5.56 Å². The Labute approximate surface area is 195 Å². The summed E-state index contributed by atoms with van der Waals surface area (Å²) in [6.45, 7) is 2.47. The van der Waals surface area contributed by atoms with Gasteiger partial charge in [-0.25, -0.2) is 4.98 Å². The summed E-state index contributed by atoms with van der Waals surface area (Å²) in [5, 5.41) is 10.1. The monoisotopic (exact) mass is 454 g/mol. The summed E-state index contributed by atoms with van der Waals surface area (Å²) < 4.78 is 4.37. The Bertz CT molecular complexity index is 1480. The summed E-state index contributed by atoms with van der Waals surface area (Å²) in [4.78, 5) is 17.0. The van der Waals surface area contributed by atoms with Crippen LogP contribution >= 0.6 is 12.2 Å². The number of anilines is 1. The maximum atomic E-state index is 12.6. The molecule has 0 spiro atoms.